The summed E-state index contributed by atoms with van der Waals surface area (Å²) in [4.78, 5) is 15.6. The van der Waals surface area contributed by atoms with Crippen LogP contribution in [0.3, 0.4) is 0 Å². The number of aliphatic imine (C=N–C) groups is 1. The van der Waals surface area contributed by atoms with Crippen molar-refractivity contribution >= 4 is 35.8 Å². The van der Waals surface area contributed by atoms with Gasteiger partial charge in [-0.15, -0.1) is 24.0 Å². The van der Waals surface area contributed by atoms with Crippen molar-refractivity contribution in [3.05, 3.63) is 24.2 Å². The van der Waals surface area contributed by atoms with Gasteiger partial charge in [-0.1, -0.05) is 19.8 Å². The molecule has 2 atom stereocenters. The van der Waals surface area contributed by atoms with E-state index in [1.165, 1.54) is 32.6 Å². The minimum atomic E-state index is 0. The van der Waals surface area contributed by atoms with Crippen LogP contribution in [0, 0.1) is 5.92 Å². The molecule has 0 saturated heterocycles. The predicted octanol–water partition coefficient (Wildman–Crippen LogP) is 3.08. The first-order chi connectivity index (χ1) is 12.1. The van der Waals surface area contributed by atoms with E-state index in [0.29, 0.717) is 25.0 Å². The van der Waals surface area contributed by atoms with Crippen LogP contribution >= 0.6 is 24.0 Å². The molecule has 26 heavy (non-hydrogen) atoms. The lowest BCUT2D eigenvalue weighted by atomic mass is 9.86. The van der Waals surface area contributed by atoms with Crippen LogP contribution < -0.4 is 16.0 Å². The molecule has 0 spiro atoms. The zero-order valence-corrected chi connectivity index (χ0v) is 18.3. The average molecular weight is 476 g/mol. The minimum Gasteiger partial charge on any atom is -0.469 e. The van der Waals surface area contributed by atoms with Crippen molar-refractivity contribution in [2.75, 3.05) is 19.6 Å². The molecule has 1 heterocycles. The molecule has 2 unspecified atom stereocenters. The molecule has 1 saturated carbocycles. The first kappa shape index (κ1) is 22.8. The van der Waals surface area contributed by atoms with Gasteiger partial charge in [-0.05, 0) is 37.3 Å². The number of carbonyl (C=O) groups is 1. The van der Waals surface area contributed by atoms with Crippen molar-refractivity contribution in [3.63, 3.8) is 0 Å². The van der Waals surface area contributed by atoms with Crippen molar-refractivity contribution in [1.29, 1.82) is 0 Å². The molecule has 0 aliphatic heterocycles. The SMILES string of the molecule is CC(=O)NCCCN=C(NCCc1ccco1)NC1CCCCC1C.I. The average Bonchev–Trinajstić information content (AvgIpc) is 3.09. The van der Waals surface area contributed by atoms with E-state index in [0.717, 1.165) is 31.1 Å². The van der Waals surface area contributed by atoms with Crippen LogP contribution in [0.4, 0.5) is 0 Å². The molecule has 2 rings (SSSR count). The second-order valence-electron chi connectivity index (χ2n) is 6.84. The molecule has 0 radical (unpaired) electrons. The fourth-order valence-corrected chi connectivity index (χ4v) is 3.15. The van der Waals surface area contributed by atoms with Crippen LogP contribution in [0.1, 0.15) is 51.7 Å². The largest absolute Gasteiger partial charge is 0.469 e. The molecule has 6 nitrogen and oxygen atoms in total. The number of hydrogen-bond acceptors (Lipinski definition) is 3. The van der Waals surface area contributed by atoms with Gasteiger partial charge in [0.05, 0.1) is 6.26 Å². The van der Waals surface area contributed by atoms with E-state index in [-0.39, 0.29) is 29.9 Å². The maximum atomic E-state index is 10.9. The molecule has 0 bridgehead atoms. The van der Waals surface area contributed by atoms with Gasteiger partial charge in [0, 0.05) is 39.0 Å². The van der Waals surface area contributed by atoms with Crippen molar-refractivity contribution < 1.29 is 9.21 Å². The Morgan fingerprint density at radius 3 is 2.77 bits per heavy atom. The van der Waals surface area contributed by atoms with E-state index in [9.17, 15) is 4.79 Å². The molecule has 1 fully saturated rings. The summed E-state index contributed by atoms with van der Waals surface area (Å²) in [5.41, 5.74) is 0. The van der Waals surface area contributed by atoms with E-state index in [1.807, 2.05) is 12.1 Å². The van der Waals surface area contributed by atoms with Crippen LogP contribution in [0.15, 0.2) is 27.8 Å². The number of rotatable bonds is 8. The summed E-state index contributed by atoms with van der Waals surface area (Å²) in [6, 6.07) is 4.38. The summed E-state index contributed by atoms with van der Waals surface area (Å²) in [5, 5.41) is 9.83. The van der Waals surface area contributed by atoms with Crippen molar-refractivity contribution in [2.45, 2.75) is 58.4 Å². The summed E-state index contributed by atoms with van der Waals surface area (Å²) in [5.74, 6) is 2.52. The van der Waals surface area contributed by atoms with Gasteiger partial charge in [0.25, 0.3) is 0 Å². The van der Waals surface area contributed by atoms with Crippen molar-refractivity contribution in [2.24, 2.45) is 10.9 Å². The quantitative estimate of drug-likeness (QED) is 0.233. The third-order valence-corrected chi connectivity index (χ3v) is 4.66. The highest BCUT2D eigenvalue weighted by Crippen LogP contribution is 2.23. The van der Waals surface area contributed by atoms with E-state index in [2.05, 4.69) is 27.9 Å². The summed E-state index contributed by atoms with van der Waals surface area (Å²) in [6.45, 7) is 5.99. The number of carbonyl (C=O) groups excluding carboxylic acids is 1. The fourth-order valence-electron chi connectivity index (χ4n) is 3.15. The molecular weight excluding hydrogens is 443 g/mol. The lowest BCUT2D eigenvalue weighted by Crippen LogP contribution is -2.47. The zero-order valence-electron chi connectivity index (χ0n) is 15.9. The minimum absolute atomic E-state index is 0. The van der Waals surface area contributed by atoms with Crippen molar-refractivity contribution in [1.82, 2.24) is 16.0 Å². The van der Waals surface area contributed by atoms with Gasteiger partial charge in [0.2, 0.25) is 5.91 Å². The molecule has 1 amide bonds. The lowest BCUT2D eigenvalue weighted by Gasteiger charge is -2.31. The second-order valence-corrected chi connectivity index (χ2v) is 6.84. The molecule has 148 valence electrons. The number of amides is 1. The van der Waals surface area contributed by atoms with E-state index < -0.39 is 0 Å². The van der Waals surface area contributed by atoms with Gasteiger partial charge in [0.15, 0.2) is 5.96 Å². The first-order valence-corrected chi connectivity index (χ1v) is 9.47. The Bertz CT molecular complexity index is 534. The molecule has 1 aromatic rings. The van der Waals surface area contributed by atoms with Gasteiger partial charge >= 0.3 is 0 Å². The smallest absolute Gasteiger partial charge is 0.216 e. The molecule has 1 aliphatic carbocycles. The van der Waals surface area contributed by atoms with Gasteiger partial charge < -0.3 is 20.4 Å². The maximum absolute atomic E-state index is 10.9. The van der Waals surface area contributed by atoms with Crippen LogP contribution in [0.5, 0.6) is 0 Å². The van der Waals surface area contributed by atoms with E-state index in [4.69, 9.17) is 4.42 Å². The number of nitrogens with zero attached hydrogens (tertiary/aromatic N) is 1. The normalized spacial score (nSPS) is 20.2. The Labute approximate surface area is 174 Å². The zero-order chi connectivity index (χ0) is 17.9. The Kier molecular flexibility index (Phi) is 11.4. The third kappa shape index (κ3) is 8.91. The summed E-state index contributed by atoms with van der Waals surface area (Å²) in [7, 11) is 0. The molecule has 1 aromatic heterocycles. The Morgan fingerprint density at radius 1 is 1.27 bits per heavy atom. The lowest BCUT2D eigenvalue weighted by molar-refractivity contribution is -0.118. The van der Waals surface area contributed by atoms with Gasteiger partial charge in [-0.2, -0.15) is 0 Å². The predicted molar refractivity (Wildman–Crippen MR) is 116 cm³/mol. The van der Waals surface area contributed by atoms with Crippen LogP contribution in [0.2, 0.25) is 0 Å². The van der Waals surface area contributed by atoms with E-state index in [1.54, 1.807) is 6.26 Å². The molecular formula is C19H33IN4O2. The van der Waals surface area contributed by atoms with Gasteiger partial charge in [-0.25, -0.2) is 0 Å². The number of hydrogen-bond donors (Lipinski definition) is 3. The van der Waals surface area contributed by atoms with E-state index >= 15 is 0 Å². The Hall–Kier alpha value is -1.25. The molecule has 1 aliphatic rings. The monoisotopic (exact) mass is 476 g/mol. The highest BCUT2D eigenvalue weighted by atomic mass is 127. The van der Waals surface area contributed by atoms with Gasteiger partial charge in [-0.3, -0.25) is 9.79 Å². The maximum Gasteiger partial charge on any atom is 0.216 e. The topological polar surface area (TPSA) is 78.7 Å². The molecule has 7 heteroatoms. The highest BCUT2D eigenvalue weighted by Gasteiger charge is 2.21. The first-order valence-electron chi connectivity index (χ1n) is 9.47. The Morgan fingerprint density at radius 2 is 2.08 bits per heavy atom. The van der Waals surface area contributed by atoms with Crippen LogP contribution in [0.25, 0.3) is 0 Å². The number of guanidine groups is 1. The summed E-state index contributed by atoms with van der Waals surface area (Å²) >= 11 is 0. The summed E-state index contributed by atoms with van der Waals surface area (Å²) in [6.07, 6.45) is 8.46. The standard InChI is InChI=1S/C19H32N4O2.HI/c1-15-7-3-4-9-18(15)23-19(21-12-6-11-20-16(2)24)22-13-10-17-8-5-14-25-17;/h5,8,14-15,18H,3-4,6-7,9-13H2,1-2H3,(H,20,24)(H2,21,22,23);1H. The fraction of sp³-hybridized carbons (Fsp3) is 0.684. The summed E-state index contributed by atoms with van der Waals surface area (Å²) < 4.78 is 5.38. The number of furan rings is 1. The number of nitrogens with one attached hydrogen (secondary N) is 3. The van der Waals surface area contributed by atoms with Crippen LogP contribution in [-0.2, 0) is 11.2 Å². The van der Waals surface area contributed by atoms with Crippen molar-refractivity contribution in [3.8, 4) is 0 Å². The number of halogens is 1. The Balaban J connectivity index is 0.00000338. The molecule has 0 aromatic carbocycles. The van der Waals surface area contributed by atoms with Gasteiger partial charge in [0.1, 0.15) is 5.76 Å². The van der Waals surface area contributed by atoms with Crippen LogP contribution in [-0.4, -0.2) is 37.5 Å². The highest BCUT2D eigenvalue weighted by molar-refractivity contribution is 14.0. The second kappa shape index (κ2) is 13.0. The molecule has 3 N–H and O–H groups in total. The third-order valence-electron chi connectivity index (χ3n) is 4.66.